The van der Waals surface area contributed by atoms with Crippen molar-refractivity contribution in [2.45, 2.75) is 6.54 Å². The number of hydrogen-bond donors (Lipinski definition) is 0. The van der Waals surface area contributed by atoms with Crippen LogP contribution in [0.3, 0.4) is 0 Å². The van der Waals surface area contributed by atoms with E-state index in [1.54, 1.807) is 6.07 Å². The van der Waals surface area contributed by atoms with Crippen LogP contribution >= 0.6 is 0 Å². The van der Waals surface area contributed by atoms with Gasteiger partial charge in [-0.05, 0) is 11.6 Å². The first-order chi connectivity index (χ1) is 12.3. The lowest BCUT2D eigenvalue weighted by atomic mass is 10.1. The zero-order chi connectivity index (χ0) is 17.2. The summed E-state index contributed by atoms with van der Waals surface area (Å²) in [5.74, 6) is 0.0337. The van der Waals surface area contributed by atoms with Gasteiger partial charge in [0.15, 0.2) is 11.5 Å². The smallest absolute Gasteiger partial charge is 0.360 e. The van der Waals surface area contributed by atoms with Crippen LogP contribution in [0.1, 0.15) is 16.1 Å². The summed E-state index contributed by atoms with van der Waals surface area (Å²) in [5, 5.41) is 4.85. The second kappa shape index (κ2) is 6.28. The van der Waals surface area contributed by atoms with Crippen LogP contribution in [0.25, 0.3) is 22.2 Å². The molecule has 124 valence electrons. The van der Waals surface area contributed by atoms with Gasteiger partial charge in [0, 0.05) is 35.3 Å². The van der Waals surface area contributed by atoms with Gasteiger partial charge in [-0.2, -0.15) is 0 Å². The Morgan fingerprint density at radius 2 is 1.88 bits per heavy atom. The molecule has 0 N–H and O–H groups in total. The number of ether oxygens (including phenoxy) is 1. The third kappa shape index (κ3) is 2.80. The molecular formula is C20H16N2O3. The summed E-state index contributed by atoms with van der Waals surface area (Å²) < 4.78 is 12.2. The van der Waals surface area contributed by atoms with E-state index in [0.29, 0.717) is 5.76 Å². The molecule has 0 bridgehead atoms. The van der Waals surface area contributed by atoms with Crippen LogP contribution in [0, 0.1) is 0 Å². The fraction of sp³-hybridized carbons (Fsp3) is 0.100. The molecule has 0 amide bonds. The van der Waals surface area contributed by atoms with E-state index < -0.39 is 5.97 Å². The standard InChI is InChI=1S/C20H16N2O3/c1-24-20(23)17-11-19(25-21-17)16-13-22(12-14-7-3-2-4-8-14)18-10-6-5-9-15(16)18/h2-11,13H,12H2,1H3. The molecule has 0 atom stereocenters. The molecule has 0 saturated carbocycles. The van der Waals surface area contributed by atoms with Gasteiger partial charge in [-0.3, -0.25) is 0 Å². The van der Waals surface area contributed by atoms with Crippen LogP contribution in [0.2, 0.25) is 0 Å². The van der Waals surface area contributed by atoms with Crippen LogP contribution < -0.4 is 0 Å². The molecule has 0 aliphatic heterocycles. The SMILES string of the molecule is COC(=O)c1cc(-c2cn(Cc3ccccc3)c3ccccc23)on1. The van der Waals surface area contributed by atoms with Gasteiger partial charge in [0.2, 0.25) is 0 Å². The predicted molar refractivity (Wildman–Crippen MR) is 94.3 cm³/mol. The average Bonchev–Trinajstić information content (AvgIpc) is 3.27. The topological polar surface area (TPSA) is 57.3 Å². The van der Waals surface area contributed by atoms with E-state index in [1.807, 2.05) is 42.6 Å². The van der Waals surface area contributed by atoms with Crippen LogP contribution in [0.5, 0.6) is 0 Å². The molecule has 0 radical (unpaired) electrons. The highest BCUT2D eigenvalue weighted by Gasteiger charge is 2.18. The molecule has 5 heteroatoms. The normalized spacial score (nSPS) is 10.9. The molecule has 2 aromatic carbocycles. The van der Waals surface area contributed by atoms with E-state index in [0.717, 1.165) is 23.0 Å². The van der Waals surface area contributed by atoms with Gasteiger partial charge in [0.25, 0.3) is 0 Å². The van der Waals surface area contributed by atoms with E-state index in [9.17, 15) is 4.79 Å². The number of carbonyl (C=O) groups excluding carboxylic acids is 1. The van der Waals surface area contributed by atoms with Crippen LogP contribution in [-0.2, 0) is 11.3 Å². The Labute approximate surface area is 144 Å². The molecule has 4 aromatic rings. The Balaban J connectivity index is 1.80. The maximum absolute atomic E-state index is 11.6. The number of methoxy groups -OCH3 is 1. The van der Waals surface area contributed by atoms with Gasteiger partial charge >= 0.3 is 5.97 Å². The summed E-state index contributed by atoms with van der Waals surface area (Å²) in [7, 11) is 1.32. The minimum Gasteiger partial charge on any atom is -0.464 e. The Hall–Kier alpha value is -3.34. The van der Waals surface area contributed by atoms with Crippen molar-refractivity contribution in [3.63, 3.8) is 0 Å². The quantitative estimate of drug-likeness (QED) is 0.527. The summed E-state index contributed by atoms with van der Waals surface area (Å²) in [5.41, 5.74) is 3.37. The maximum Gasteiger partial charge on any atom is 0.360 e. The Morgan fingerprint density at radius 3 is 2.68 bits per heavy atom. The number of para-hydroxylation sites is 1. The first kappa shape index (κ1) is 15.2. The van der Waals surface area contributed by atoms with Crippen molar-refractivity contribution in [1.82, 2.24) is 9.72 Å². The van der Waals surface area contributed by atoms with Crippen LogP contribution in [0.15, 0.2) is 71.4 Å². The highest BCUT2D eigenvalue weighted by Crippen LogP contribution is 2.31. The number of benzene rings is 2. The molecule has 5 nitrogen and oxygen atoms in total. The van der Waals surface area contributed by atoms with Crippen molar-refractivity contribution in [2.75, 3.05) is 7.11 Å². The number of nitrogens with zero attached hydrogens (tertiary/aromatic N) is 2. The molecule has 0 spiro atoms. The molecule has 0 unspecified atom stereocenters. The summed E-state index contributed by atoms with van der Waals surface area (Å²) in [4.78, 5) is 11.6. The lowest BCUT2D eigenvalue weighted by Gasteiger charge is -2.05. The molecule has 0 aliphatic rings. The van der Waals surface area contributed by atoms with Gasteiger partial charge in [-0.1, -0.05) is 53.7 Å². The predicted octanol–water partition coefficient (Wildman–Crippen LogP) is 4.13. The third-order valence-electron chi connectivity index (χ3n) is 4.15. The van der Waals surface area contributed by atoms with E-state index in [4.69, 9.17) is 9.26 Å². The molecular weight excluding hydrogens is 316 g/mol. The number of aromatic nitrogens is 2. The minimum atomic E-state index is -0.511. The molecule has 0 fully saturated rings. The van der Waals surface area contributed by atoms with Crippen molar-refractivity contribution in [1.29, 1.82) is 0 Å². The molecule has 2 heterocycles. The number of carbonyl (C=O) groups is 1. The van der Waals surface area contributed by atoms with Gasteiger partial charge in [-0.15, -0.1) is 0 Å². The molecule has 0 saturated heterocycles. The minimum absolute atomic E-state index is 0.164. The monoisotopic (exact) mass is 332 g/mol. The molecule has 2 aromatic heterocycles. The van der Waals surface area contributed by atoms with Gasteiger partial charge < -0.3 is 13.8 Å². The second-order valence-electron chi connectivity index (χ2n) is 5.74. The average molecular weight is 332 g/mol. The number of rotatable bonds is 4. The van der Waals surface area contributed by atoms with Gasteiger partial charge in [0.05, 0.1) is 7.11 Å². The Bertz CT molecular complexity index is 1030. The van der Waals surface area contributed by atoms with Gasteiger partial charge in [0.1, 0.15) is 0 Å². The summed E-state index contributed by atoms with van der Waals surface area (Å²) in [6.45, 7) is 0.749. The number of fused-ring (bicyclic) bond motifs is 1. The van der Waals surface area contributed by atoms with Crippen molar-refractivity contribution >= 4 is 16.9 Å². The zero-order valence-corrected chi connectivity index (χ0v) is 13.7. The van der Waals surface area contributed by atoms with Crippen LogP contribution in [0.4, 0.5) is 0 Å². The lowest BCUT2D eigenvalue weighted by molar-refractivity contribution is 0.0589. The first-order valence-electron chi connectivity index (χ1n) is 7.93. The van der Waals surface area contributed by atoms with E-state index in [1.165, 1.54) is 12.7 Å². The Morgan fingerprint density at radius 1 is 1.12 bits per heavy atom. The number of hydrogen-bond acceptors (Lipinski definition) is 4. The summed E-state index contributed by atoms with van der Waals surface area (Å²) >= 11 is 0. The van der Waals surface area contributed by atoms with E-state index in [2.05, 4.69) is 27.9 Å². The van der Waals surface area contributed by atoms with Crippen molar-refractivity contribution in [2.24, 2.45) is 0 Å². The lowest BCUT2D eigenvalue weighted by Crippen LogP contribution is -2.00. The van der Waals surface area contributed by atoms with E-state index in [-0.39, 0.29) is 5.69 Å². The van der Waals surface area contributed by atoms with Crippen LogP contribution in [-0.4, -0.2) is 22.8 Å². The van der Waals surface area contributed by atoms with Crippen molar-refractivity contribution in [3.8, 4) is 11.3 Å². The largest absolute Gasteiger partial charge is 0.464 e. The summed E-state index contributed by atoms with van der Waals surface area (Å²) in [6.07, 6.45) is 2.03. The maximum atomic E-state index is 11.6. The Kier molecular flexibility index (Phi) is 3.82. The molecule has 0 aliphatic carbocycles. The summed E-state index contributed by atoms with van der Waals surface area (Å²) in [6, 6.07) is 20.0. The van der Waals surface area contributed by atoms with E-state index >= 15 is 0 Å². The fourth-order valence-corrected chi connectivity index (χ4v) is 2.96. The molecule has 25 heavy (non-hydrogen) atoms. The highest BCUT2D eigenvalue weighted by molar-refractivity contribution is 5.96. The zero-order valence-electron chi connectivity index (χ0n) is 13.7. The van der Waals surface area contributed by atoms with Crippen molar-refractivity contribution in [3.05, 3.63) is 78.1 Å². The van der Waals surface area contributed by atoms with Crippen molar-refractivity contribution < 1.29 is 14.1 Å². The first-order valence-corrected chi connectivity index (χ1v) is 7.93. The number of esters is 1. The fourth-order valence-electron chi connectivity index (χ4n) is 2.96. The second-order valence-corrected chi connectivity index (χ2v) is 5.74. The third-order valence-corrected chi connectivity index (χ3v) is 4.15. The highest BCUT2D eigenvalue weighted by atomic mass is 16.5. The molecule has 4 rings (SSSR count). The van der Waals surface area contributed by atoms with Gasteiger partial charge in [-0.25, -0.2) is 4.79 Å².